The number of benzene rings is 1. The maximum Gasteiger partial charge on any atom is 0.331 e. The first-order valence-electron chi connectivity index (χ1n) is 11.5. The number of ether oxygens (including phenoxy) is 5. The number of hydrogen-bond donors (Lipinski definition) is 2. The molecular formula is C25H31FN2O8. The van der Waals surface area contributed by atoms with Gasteiger partial charge in [0.15, 0.2) is 29.3 Å². The van der Waals surface area contributed by atoms with Crippen LogP contribution < -0.4 is 14.8 Å². The third-order valence-corrected chi connectivity index (χ3v) is 5.33. The molecule has 3 rings (SSSR count). The second-order valence-corrected chi connectivity index (χ2v) is 8.72. The molecule has 196 valence electrons. The van der Waals surface area contributed by atoms with E-state index >= 15 is 0 Å². The first-order valence-corrected chi connectivity index (χ1v) is 11.5. The fraction of sp³-hybridized carbons (Fsp3) is 0.480. The van der Waals surface area contributed by atoms with Crippen LogP contribution in [0.25, 0.3) is 0 Å². The molecule has 0 aliphatic carbocycles. The molecular weight excluding hydrogens is 475 g/mol. The number of cyclic esters (lactones) is 1. The normalized spacial score (nSPS) is 22.7. The van der Waals surface area contributed by atoms with Gasteiger partial charge in [0, 0.05) is 18.9 Å². The van der Waals surface area contributed by atoms with Gasteiger partial charge in [0.25, 0.3) is 5.91 Å². The Labute approximate surface area is 208 Å². The summed E-state index contributed by atoms with van der Waals surface area (Å²) in [5.74, 6) is -1.78. The average Bonchev–Trinajstić information content (AvgIpc) is 2.88. The van der Waals surface area contributed by atoms with Crippen molar-refractivity contribution < 1.29 is 42.8 Å². The van der Waals surface area contributed by atoms with Crippen molar-refractivity contribution in [3.05, 3.63) is 48.0 Å². The van der Waals surface area contributed by atoms with Gasteiger partial charge in [0.2, 0.25) is 0 Å². The van der Waals surface area contributed by atoms with Crippen LogP contribution in [0.1, 0.15) is 31.3 Å². The van der Waals surface area contributed by atoms with Crippen LogP contribution in [-0.2, 0) is 19.0 Å². The topological polar surface area (TPSA) is 125 Å². The molecule has 1 saturated heterocycles. The van der Waals surface area contributed by atoms with Crippen molar-refractivity contribution in [2.45, 2.75) is 45.1 Å². The molecule has 36 heavy (non-hydrogen) atoms. The standard InChI is InChI=1S/C25H31FN2O8/c1-14(2)11-34-23-15(3)35-25(31)18(28-24(30)21-22(29)19(32-4)9-10-27-21)12-33-13-20(23)36-17-7-5-16(26)6-8-17/h5-10,14-15,18,20,23,29H,11-13H2,1-4H3,(H,28,30). The van der Waals surface area contributed by atoms with Crippen LogP contribution in [0.2, 0.25) is 0 Å². The van der Waals surface area contributed by atoms with E-state index in [0.29, 0.717) is 12.4 Å². The van der Waals surface area contributed by atoms with Crippen molar-refractivity contribution in [3.8, 4) is 17.2 Å². The Kier molecular flexibility index (Phi) is 9.43. The van der Waals surface area contributed by atoms with Crippen molar-refractivity contribution in [1.82, 2.24) is 10.3 Å². The summed E-state index contributed by atoms with van der Waals surface area (Å²) in [6.07, 6.45) is -0.886. The molecule has 0 bridgehead atoms. The molecule has 2 N–H and O–H groups in total. The number of pyridine rings is 1. The summed E-state index contributed by atoms with van der Waals surface area (Å²) in [5.41, 5.74) is -0.314. The SMILES string of the molecule is COc1ccnc(C(=O)NC2COCC(Oc3ccc(F)cc3)C(OCC(C)C)C(C)OC2=O)c1O. The van der Waals surface area contributed by atoms with Gasteiger partial charge in [0.1, 0.15) is 23.8 Å². The minimum atomic E-state index is -1.19. The second kappa shape index (κ2) is 12.5. The number of rotatable bonds is 8. The molecule has 0 spiro atoms. The predicted molar refractivity (Wildman–Crippen MR) is 125 cm³/mol. The van der Waals surface area contributed by atoms with Crippen LogP contribution in [0.15, 0.2) is 36.5 Å². The Hall–Kier alpha value is -3.44. The molecule has 0 saturated carbocycles. The Morgan fingerprint density at radius 1 is 1.25 bits per heavy atom. The maximum absolute atomic E-state index is 13.3. The number of nitrogens with one attached hydrogen (secondary N) is 1. The van der Waals surface area contributed by atoms with E-state index in [0.717, 1.165) is 0 Å². The average molecular weight is 507 g/mol. The van der Waals surface area contributed by atoms with Crippen LogP contribution >= 0.6 is 0 Å². The summed E-state index contributed by atoms with van der Waals surface area (Å²) in [6.45, 7) is 5.75. The smallest absolute Gasteiger partial charge is 0.331 e. The minimum absolute atomic E-state index is 0.00382. The van der Waals surface area contributed by atoms with Gasteiger partial charge in [-0.05, 0) is 37.1 Å². The van der Waals surface area contributed by atoms with Crippen LogP contribution in [-0.4, -0.2) is 73.3 Å². The quantitative estimate of drug-likeness (QED) is 0.520. The number of methoxy groups -OCH3 is 1. The summed E-state index contributed by atoms with van der Waals surface area (Å²) >= 11 is 0. The molecule has 1 aromatic heterocycles. The monoisotopic (exact) mass is 506 g/mol. The molecule has 10 nitrogen and oxygen atoms in total. The Bertz CT molecular complexity index is 1030. The lowest BCUT2D eigenvalue weighted by Gasteiger charge is -2.31. The first kappa shape index (κ1) is 27.2. The fourth-order valence-electron chi connectivity index (χ4n) is 3.53. The second-order valence-electron chi connectivity index (χ2n) is 8.72. The lowest BCUT2D eigenvalue weighted by molar-refractivity contribution is -0.163. The van der Waals surface area contributed by atoms with Crippen LogP contribution in [0, 0.1) is 11.7 Å². The number of amides is 1. The minimum Gasteiger partial charge on any atom is -0.503 e. The summed E-state index contributed by atoms with van der Waals surface area (Å²) in [5, 5.41) is 12.7. The zero-order valence-corrected chi connectivity index (χ0v) is 20.6. The van der Waals surface area contributed by atoms with Gasteiger partial charge < -0.3 is 34.1 Å². The molecule has 1 fully saturated rings. The van der Waals surface area contributed by atoms with Crippen molar-refractivity contribution in [1.29, 1.82) is 0 Å². The van der Waals surface area contributed by atoms with E-state index in [9.17, 15) is 19.1 Å². The van der Waals surface area contributed by atoms with Gasteiger partial charge in [-0.25, -0.2) is 14.2 Å². The fourth-order valence-corrected chi connectivity index (χ4v) is 3.53. The number of aromatic hydroxyl groups is 1. The van der Waals surface area contributed by atoms with Crippen molar-refractivity contribution in [2.24, 2.45) is 5.92 Å². The number of hydrogen-bond acceptors (Lipinski definition) is 9. The van der Waals surface area contributed by atoms with E-state index in [4.69, 9.17) is 23.7 Å². The highest BCUT2D eigenvalue weighted by molar-refractivity contribution is 5.98. The molecule has 4 atom stereocenters. The molecule has 11 heteroatoms. The molecule has 1 aliphatic rings. The maximum atomic E-state index is 13.3. The largest absolute Gasteiger partial charge is 0.503 e. The molecule has 1 amide bonds. The Balaban J connectivity index is 1.78. The highest BCUT2D eigenvalue weighted by Crippen LogP contribution is 2.27. The molecule has 1 aliphatic heterocycles. The van der Waals surface area contributed by atoms with Gasteiger partial charge in [-0.1, -0.05) is 13.8 Å². The summed E-state index contributed by atoms with van der Waals surface area (Å²) < 4.78 is 41.8. The van der Waals surface area contributed by atoms with Crippen molar-refractivity contribution in [3.63, 3.8) is 0 Å². The third-order valence-electron chi connectivity index (χ3n) is 5.33. The van der Waals surface area contributed by atoms with Crippen LogP contribution in [0.3, 0.4) is 0 Å². The number of carbonyl (C=O) groups is 2. The number of aromatic nitrogens is 1. The highest BCUT2D eigenvalue weighted by atomic mass is 19.1. The summed E-state index contributed by atoms with van der Waals surface area (Å²) in [7, 11) is 1.34. The summed E-state index contributed by atoms with van der Waals surface area (Å²) in [6, 6.07) is 5.70. The van der Waals surface area contributed by atoms with Gasteiger partial charge in [-0.15, -0.1) is 0 Å². The van der Waals surface area contributed by atoms with E-state index in [2.05, 4.69) is 10.3 Å². The van der Waals surface area contributed by atoms with Crippen LogP contribution in [0.4, 0.5) is 4.39 Å². The highest BCUT2D eigenvalue weighted by Gasteiger charge is 2.37. The van der Waals surface area contributed by atoms with E-state index < -0.39 is 47.8 Å². The molecule has 1 aromatic carbocycles. The van der Waals surface area contributed by atoms with Gasteiger partial charge in [0.05, 0.1) is 20.3 Å². The van der Waals surface area contributed by atoms with Gasteiger partial charge >= 0.3 is 5.97 Å². The summed E-state index contributed by atoms with van der Waals surface area (Å²) in [4.78, 5) is 29.6. The Morgan fingerprint density at radius 2 is 1.97 bits per heavy atom. The van der Waals surface area contributed by atoms with E-state index in [1.54, 1.807) is 6.92 Å². The van der Waals surface area contributed by atoms with Crippen molar-refractivity contribution >= 4 is 11.9 Å². The third kappa shape index (κ3) is 7.05. The lowest BCUT2D eigenvalue weighted by Crippen LogP contribution is -2.47. The molecule has 2 heterocycles. The van der Waals surface area contributed by atoms with E-state index in [-0.39, 0.29) is 30.6 Å². The predicted octanol–water partition coefficient (Wildman–Crippen LogP) is 2.48. The molecule has 2 aromatic rings. The van der Waals surface area contributed by atoms with E-state index in [1.807, 2.05) is 13.8 Å². The lowest BCUT2D eigenvalue weighted by atomic mass is 10.1. The van der Waals surface area contributed by atoms with Crippen LogP contribution in [0.5, 0.6) is 17.2 Å². The van der Waals surface area contributed by atoms with Gasteiger partial charge in [-0.3, -0.25) is 4.79 Å². The Morgan fingerprint density at radius 3 is 2.64 bits per heavy atom. The number of esters is 1. The van der Waals surface area contributed by atoms with Crippen molar-refractivity contribution in [2.75, 3.05) is 26.9 Å². The first-order chi connectivity index (χ1) is 17.2. The van der Waals surface area contributed by atoms with E-state index in [1.165, 1.54) is 43.6 Å². The number of halogens is 1. The van der Waals surface area contributed by atoms with Gasteiger partial charge in [-0.2, -0.15) is 0 Å². The molecule has 4 unspecified atom stereocenters. The molecule has 0 radical (unpaired) electrons. The number of carbonyl (C=O) groups excluding carboxylic acids is 2. The zero-order valence-electron chi connectivity index (χ0n) is 20.6. The number of nitrogens with zero attached hydrogens (tertiary/aromatic N) is 1. The zero-order chi connectivity index (χ0) is 26.2.